The van der Waals surface area contributed by atoms with Crippen molar-refractivity contribution in [3.05, 3.63) is 103 Å². The van der Waals surface area contributed by atoms with E-state index in [1.165, 1.54) is 54.6 Å². The summed E-state index contributed by atoms with van der Waals surface area (Å²) in [5.74, 6) is 0.396. The fourth-order valence-corrected chi connectivity index (χ4v) is 6.99. The maximum absolute atomic E-state index is 10.9. The van der Waals surface area contributed by atoms with Crippen LogP contribution in [0.15, 0.2) is 108 Å². The summed E-state index contributed by atoms with van der Waals surface area (Å²) in [5.41, 5.74) is 10.8. The van der Waals surface area contributed by atoms with Crippen molar-refractivity contribution in [3.8, 4) is 28.0 Å². The third-order valence-corrected chi connectivity index (χ3v) is 9.39. The first-order chi connectivity index (χ1) is 20.4. The Kier molecular flexibility index (Phi) is 5.40. The summed E-state index contributed by atoms with van der Waals surface area (Å²) in [5, 5.41) is 20.4. The molecule has 8 aromatic rings. The SMILES string of the molecule is Bc1c(B)c(-c2c3ccccc3c(-c3ccc4oc5cc6ccccc6cc5c4c3)c3ccccc23)c(B)c(B)c1O. The molecule has 0 aliphatic rings. The molecule has 1 aromatic heterocycles. The monoisotopic (exact) mass is 534 g/mol. The van der Waals surface area contributed by atoms with E-state index in [0.29, 0.717) is 5.75 Å². The van der Waals surface area contributed by atoms with E-state index in [1.54, 1.807) is 0 Å². The van der Waals surface area contributed by atoms with E-state index >= 15 is 0 Å². The van der Waals surface area contributed by atoms with Crippen molar-refractivity contribution < 1.29 is 9.52 Å². The lowest BCUT2D eigenvalue weighted by molar-refractivity contribution is 0.484. The van der Waals surface area contributed by atoms with Gasteiger partial charge >= 0.3 is 0 Å². The molecule has 0 amide bonds. The fourth-order valence-electron chi connectivity index (χ4n) is 6.99. The van der Waals surface area contributed by atoms with Gasteiger partial charge in [-0.2, -0.15) is 0 Å². The average Bonchev–Trinajstić information content (AvgIpc) is 3.38. The normalized spacial score (nSPS) is 11.8. The molecule has 0 aliphatic heterocycles. The van der Waals surface area contributed by atoms with Gasteiger partial charge in [-0.25, -0.2) is 0 Å². The van der Waals surface area contributed by atoms with Crippen LogP contribution < -0.4 is 21.9 Å². The number of rotatable bonds is 2. The Hall–Kier alpha value is -4.82. The molecule has 7 aromatic carbocycles. The van der Waals surface area contributed by atoms with Crippen molar-refractivity contribution in [2.75, 3.05) is 0 Å². The molecule has 0 bridgehead atoms. The highest BCUT2D eigenvalue weighted by Crippen LogP contribution is 2.44. The van der Waals surface area contributed by atoms with Crippen LogP contribution in [-0.2, 0) is 0 Å². The molecule has 0 spiro atoms. The third kappa shape index (κ3) is 3.45. The molecule has 8 rings (SSSR count). The van der Waals surface area contributed by atoms with E-state index in [9.17, 15) is 5.11 Å². The second-order valence-corrected chi connectivity index (χ2v) is 11.6. The van der Waals surface area contributed by atoms with Crippen LogP contribution in [0.4, 0.5) is 0 Å². The van der Waals surface area contributed by atoms with Crippen LogP contribution in [0.25, 0.3) is 76.5 Å². The first kappa shape index (κ1) is 24.9. The molecular formula is C36H26B4O2. The van der Waals surface area contributed by atoms with Crippen molar-refractivity contribution in [1.82, 2.24) is 0 Å². The molecule has 0 aliphatic carbocycles. The Labute approximate surface area is 247 Å². The molecule has 0 saturated carbocycles. The van der Waals surface area contributed by atoms with E-state index in [1.807, 2.05) is 15.7 Å². The summed E-state index contributed by atoms with van der Waals surface area (Å²) in [6, 6.07) is 37.0. The van der Waals surface area contributed by atoms with Crippen LogP contribution in [0, 0.1) is 0 Å². The maximum atomic E-state index is 10.9. The largest absolute Gasteiger partial charge is 0.509 e. The molecule has 1 N–H and O–H groups in total. The second kappa shape index (κ2) is 9.09. The van der Waals surface area contributed by atoms with E-state index in [-0.39, 0.29) is 0 Å². The molecule has 0 saturated heterocycles. The minimum absolute atomic E-state index is 0.396. The highest BCUT2D eigenvalue weighted by Gasteiger charge is 2.22. The molecule has 6 heteroatoms. The summed E-state index contributed by atoms with van der Waals surface area (Å²) in [6.07, 6.45) is 0. The van der Waals surface area contributed by atoms with Crippen molar-refractivity contribution in [2.24, 2.45) is 0 Å². The standard InChI is InChI=1S/C36H26B4O2/c37-32-31(33(38)35(40)36(41)34(32)39)30-23-11-5-3-9-21(23)29(22-10-4-6-12-24(22)30)20-13-14-27-25(16-20)26-15-18-7-1-2-8-19(18)17-28(26)42-27/h1-17,41H,37-40H2. The summed E-state index contributed by atoms with van der Waals surface area (Å²) in [4.78, 5) is 0. The second-order valence-electron chi connectivity index (χ2n) is 11.6. The number of aromatic hydroxyl groups is 1. The highest BCUT2D eigenvalue weighted by atomic mass is 16.3. The number of hydrogen-bond acceptors (Lipinski definition) is 2. The van der Waals surface area contributed by atoms with Crippen molar-refractivity contribution in [1.29, 1.82) is 0 Å². The number of phenols is 1. The van der Waals surface area contributed by atoms with Crippen LogP contribution >= 0.6 is 0 Å². The van der Waals surface area contributed by atoms with Crippen molar-refractivity contribution in [3.63, 3.8) is 0 Å². The van der Waals surface area contributed by atoms with Gasteiger partial charge in [-0.15, -0.1) is 0 Å². The first-order valence-corrected chi connectivity index (χ1v) is 14.5. The Morgan fingerprint density at radius 3 is 1.52 bits per heavy atom. The molecule has 2 nitrogen and oxygen atoms in total. The number of hydrogen-bond donors (Lipinski definition) is 1. The number of phenolic OH excluding ortho intramolecular Hbond substituents is 1. The predicted molar refractivity (Wildman–Crippen MR) is 191 cm³/mol. The molecular weight excluding hydrogens is 508 g/mol. The van der Waals surface area contributed by atoms with E-state index in [4.69, 9.17) is 4.42 Å². The Balaban J connectivity index is 1.49. The molecule has 42 heavy (non-hydrogen) atoms. The summed E-state index contributed by atoms with van der Waals surface area (Å²) in [7, 11) is 8.31. The third-order valence-electron chi connectivity index (χ3n) is 9.39. The van der Waals surface area contributed by atoms with E-state index in [2.05, 4.69) is 119 Å². The lowest BCUT2D eigenvalue weighted by Gasteiger charge is -2.23. The highest BCUT2D eigenvalue weighted by molar-refractivity contribution is 6.61. The van der Waals surface area contributed by atoms with E-state index in [0.717, 1.165) is 43.8 Å². The lowest BCUT2D eigenvalue weighted by Crippen LogP contribution is -2.42. The van der Waals surface area contributed by atoms with Gasteiger partial charge in [0.25, 0.3) is 0 Å². The van der Waals surface area contributed by atoms with Crippen LogP contribution in [-0.4, -0.2) is 36.5 Å². The first-order valence-electron chi connectivity index (χ1n) is 14.5. The zero-order valence-electron chi connectivity index (χ0n) is 24.2. The van der Waals surface area contributed by atoms with Gasteiger partial charge in [0, 0.05) is 10.8 Å². The lowest BCUT2D eigenvalue weighted by atomic mass is 9.64. The summed E-state index contributed by atoms with van der Waals surface area (Å²) >= 11 is 0. The van der Waals surface area contributed by atoms with Gasteiger partial charge in [0.05, 0.1) is 0 Å². The topological polar surface area (TPSA) is 33.4 Å². The van der Waals surface area contributed by atoms with Gasteiger partial charge in [-0.05, 0) is 78.8 Å². The van der Waals surface area contributed by atoms with Gasteiger partial charge in [0.1, 0.15) is 48.3 Å². The van der Waals surface area contributed by atoms with Crippen molar-refractivity contribution in [2.45, 2.75) is 0 Å². The zero-order chi connectivity index (χ0) is 28.7. The molecule has 0 radical (unpaired) electrons. The van der Waals surface area contributed by atoms with Gasteiger partial charge in [0.2, 0.25) is 0 Å². The number of furan rings is 1. The van der Waals surface area contributed by atoms with Gasteiger partial charge in [-0.3, -0.25) is 0 Å². The summed E-state index contributed by atoms with van der Waals surface area (Å²) in [6.45, 7) is 0. The Morgan fingerprint density at radius 1 is 0.429 bits per heavy atom. The van der Waals surface area contributed by atoms with Crippen LogP contribution in [0.5, 0.6) is 5.75 Å². The van der Waals surface area contributed by atoms with Crippen LogP contribution in [0.2, 0.25) is 0 Å². The molecule has 0 atom stereocenters. The molecule has 0 unspecified atom stereocenters. The molecule has 0 fully saturated rings. The maximum Gasteiger partial charge on any atom is 0.143 e. The van der Waals surface area contributed by atoms with Gasteiger partial charge in [-0.1, -0.05) is 101 Å². The Morgan fingerprint density at radius 2 is 0.929 bits per heavy atom. The van der Waals surface area contributed by atoms with E-state index < -0.39 is 0 Å². The molecule has 194 valence electrons. The smallest absolute Gasteiger partial charge is 0.143 e. The predicted octanol–water partition coefficient (Wildman–Crippen LogP) is 3.12. The quantitative estimate of drug-likeness (QED) is 0.274. The zero-order valence-corrected chi connectivity index (χ0v) is 24.2. The van der Waals surface area contributed by atoms with Gasteiger partial charge in [0.15, 0.2) is 0 Å². The minimum Gasteiger partial charge on any atom is -0.509 e. The Bertz CT molecular complexity index is 2340. The average molecular weight is 534 g/mol. The van der Waals surface area contributed by atoms with Crippen molar-refractivity contribution >= 4 is 107 Å². The minimum atomic E-state index is 0.396. The fraction of sp³-hybridized carbons (Fsp3) is 0. The summed E-state index contributed by atoms with van der Waals surface area (Å²) < 4.78 is 6.34. The van der Waals surface area contributed by atoms with Gasteiger partial charge < -0.3 is 9.52 Å². The van der Waals surface area contributed by atoms with Crippen LogP contribution in [0.3, 0.4) is 0 Å². The van der Waals surface area contributed by atoms with Crippen LogP contribution in [0.1, 0.15) is 0 Å². The number of fused-ring (bicyclic) bond motifs is 6. The number of benzene rings is 7. The molecule has 1 heterocycles.